The molecule has 0 saturated heterocycles. The first-order valence-electron chi connectivity index (χ1n) is 5.19. The van der Waals surface area contributed by atoms with Gasteiger partial charge in [-0.05, 0) is 43.8 Å². The maximum absolute atomic E-state index is 9.27. The van der Waals surface area contributed by atoms with E-state index in [-0.39, 0.29) is 18.6 Å². The molecule has 0 aliphatic rings. The molecule has 0 fully saturated rings. The molecule has 1 rings (SSSR count). The Morgan fingerprint density at radius 2 is 1.94 bits per heavy atom. The monoisotopic (exact) mass is 261 g/mol. The van der Waals surface area contributed by atoms with E-state index < -0.39 is 0 Å². The van der Waals surface area contributed by atoms with Gasteiger partial charge in [0.1, 0.15) is 0 Å². The summed E-state index contributed by atoms with van der Waals surface area (Å²) in [5.41, 5.74) is 0.959. The van der Waals surface area contributed by atoms with Crippen molar-refractivity contribution in [3.05, 3.63) is 33.8 Å². The summed E-state index contributed by atoms with van der Waals surface area (Å²) >= 11 is 12.1. The number of aliphatic hydroxyl groups is 1. The van der Waals surface area contributed by atoms with E-state index in [1.165, 1.54) is 0 Å². The zero-order chi connectivity index (χ0) is 12.3. The van der Waals surface area contributed by atoms with Gasteiger partial charge in [0, 0.05) is 22.7 Å². The van der Waals surface area contributed by atoms with Crippen molar-refractivity contribution < 1.29 is 5.11 Å². The molecule has 0 amide bonds. The second-order valence-corrected chi connectivity index (χ2v) is 5.08. The Hall–Kier alpha value is -0.280. The minimum absolute atomic E-state index is 0.0659. The first-order chi connectivity index (χ1) is 7.47. The van der Waals surface area contributed by atoms with Crippen LogP contribution < -0.4 is 0 Å². The standard InChI is InChI=1S/C12H17Cl2NO/c1-8(7-16)12(15(2)3)10-6-9(13)4-5-11(10)14/h4-6,8,12,16H,7H2,1-3H3. The lowest BCUT2D eigenvalue weighted by Crippen LogP contribution is -2.28. The quantitative estimate of drug-likeness (QED) is 0.900. The number of rotatable bonds is 4. The first-order valence-corrected chi connectivity index (χ1v) is 5.95. The van der Waals surface area contributed by atoms with Gasteiger partial charge in [-0.25, -0.2) is 0 Å². The van der Waals surface area contributed by atoms with Crippen LogP contribution in [0.4, 0.5) is 0 Å². The van der Waals surface area contributed by atoms with Gasteiger partial charge in [0.25, 0.3) is 0 Å². The summed E-state index contributed by atoms with van der Waals surface area (Å²) < 4.78 is 0. The van der Waals surface area contributed by atoms with Crippen LogP contribution in [-0.4, -0.2) is 30.7 Å². The molecular formula is C12H17Cl2NO. The molecule has 0 spiro atoms. The number of hydrogen-bond acceptors (Lipinski definition) is 2. The lowest BCUT2D eigenvalue weighted by Gasteiger charge is -2.30. The van der Waals surface area contributed by atoms with Crippen LogP contribution >= 0.6 is 23.2 Å². The maximum Gasteiger partial charge on any atom is 0.0474 e. The largest absolute Gasteiger partial charge is 0.396 e. The Morgan fingerprint density at radius 3 is 2.44 bits per heavy atom. The summed E-state index contributed by atoms with van der Waals surface area (Å²) in [7, 11) is 3.93. The second-order valence-electron chi connectivity index (χ2n) is 4.23. The predicted octanol–water partition coefficient (Wildman–Crippen LogP) is 3.22. The molecule has 1 N–H and O–H groups in total. The minimum Gasteiger partial charge on any atom is -0.396 e. The number of benzene rings is 1. The van der Waals surface area contributed by atoms with Crippen LogP contribution in [-0.2, 0) is 0 Å². The van der Waals surface area contributed by atoms with Crippen LogP contribution in [0.2, 0.25) is 10.0 Å². The zero-order valence-corrected chi connectivity index (χ0v) is 11.3. The van der Waals surface area contributed by atoms with Crippen molar-refractivity contribution >= 4 is 23.2 Å². The molecular weight excluding hydrogens is 245 g/mol. The average Bonchev–Trinajstić information content (AvgIpc) is 2.22. The third kappa shape index (κ3) is 3.11. The highest BCUT2D eigenvalue weighted by atomic mass is 35.5. The second kappa shape index (κ2) is 5.87. The zero-order valence-electron chi connectivity index (χ0n) is 9.74. The van der Waals surface area contributed by atoms with Crippen molar-refractivity contribution in [2.75, 3.05) is 20.7 Å². The van der Waals surface area contributed by atoms with Crippen molar-refractivity contribution in [2.45, 2.75) is 13.0 Å². The SMILES string of the molecule is CC(CO)C(c1cc(Cl)ccc1Cl)N(C)C. The summed E-state index contributed by atoms with van der Waals surface area (Å²) in [6, 6.07) is 5.49. The fraction of sp³-hybridized carbons (Fsp3) is 0.500. The van der Waals surface area contributed by atoms with E-state index >= 15 is 0 Å². The molecule has 0 heterocycles. The van der Waals surface area contributed by atoms with Gasteiger partial charge in [-0.15, -0.1) is 0 Å². The van der Waals surface area contributed by atoms with Gasteiger partial charge in [0.15, 0.2) is 0 Å². The smallest absolute Gasteiger partial charge is 0.0474 e. The lowest BCUT2D eigenvalue weighted by atomic mass is 9.94. The van der Waals surface area contributed by atoms with Crippen LogP contribution in [0.1, 0.15) is 18.5 Å². The normalized spacial score (nSPS) is 15.2. The highest BCUT2D eigenvalue weighted by Crippen LogP contribution is 2.33. The fourth-order valence-corrected chi connectivity index (χ4v) is 2.34. The topological polar surface area (TPSA) is 23.5 Å². The Labute approximate surface area is 107 Å². The molecule has 0 aliphatic heterocycles. The minimum atomic E-state index is 0.0659. The van der Waals surface area contributed by atoms with Crippen LogP contribution in [0.3, 0.4) is 0 Å². The average molecular weight is 262 g/mol. The van der Waals surface area contributed by atoms with E-state index in [0.717, 1.165) is 5.56 Å². The molecule has 1 aromatic carbocycles. The van der Waals surface area contributed by atoms with Gasteiger partial charge in [-0.2, -0.15) is 0 Å². The summed E-state index contributed by atoms with van der Waals surface area (Å²) in [6.07, 6.45) is 0. The van der Waals surface area contributed by atoms with Gasteiger partial charge in [0.2, 0.25) is 0 Å². The van der Waals surface area contributed by atoms with E-state index in [1.807, 2.05) is 32.0 Å². The van der Waals surface area contributed by atoms with Crippen molar-refractivity contribution in [1.29, 1.82) is 0 Å². The highest BCUT2D eigenvalue weighted by Gasteiger charge is 2.23. The Kier molecular flexibility index (Phi) is 5.06. The fourth-order valence-electron chi connectivity index (χ4n) is 1.93. The van der Waals surface area contributed by atoms with Crippen molar-refractivity contribution in [3.8, 4) is 0 Å². The number of aliphatic hydroxyl groups excluding tert-OH is 1. The molecule has 0 aromatic heterocycles. The first kappa shape index (κ1) is 13.8. The number of hydrogen-bond donors (Lipinski definition) is 1. The van der Waals surface area contributed by atoms with Crippen molar-refractivity contribution in [1.82, 2.24) is 4.90 Å². The van der Waals surface area contributed by atoms with E-state index in [0.29, 0.717) is 10.0 Å². The lowest BCUT2D eigenvalue weighted by molar-refractivity contribution is 0.146. The van der Waals surface area contributed by atoms with Crippen LogP contribution in [0.25, 0.3) is 0 Å². The molecule has 1 aromatic rings. The van der Waals surface area contributed by atoms with Crippen molar-refractivity contribution in [2.24, 2.45) is 5.92 Å². The van der Waals surface area contributed by atoms with E-state index in [1.54, 1.807) is 12.1 Å². The van der Waals surface area contributed by atoms with Crippen LogP contribution in [0.15, 0.2) is 18.2 Å². The van der Waals surface area contributed by atoms with Gasteiger partial charge in [0.05, 0.1) is 0 Å². The molecule has 0 saturated carbocycles. The molecule has 16 heavy (non-hydrogen) atoms. The van der Waals surface area contributed by atoms with E-state index in [9.17, 15) is 5.11 Å². The Morgan fingerprint density at radius 1 is 1.31 bits per heavy atom. The third-order valence-corrected chi connectivity index (χ3v) is 3.24. The summed E-state index contributed by atoms with van der Waals surface area (Å²) in [6.45, 7) is 2.10. The Balaban J connectivity index is 3.15. The van der Waals surface area contributed by atoms with Crippen molar-refractivity contribution in [3.63, 3.8) is 0 Å². The van der Waals surface area contributed by atoms with Gasteiger partial charge in [-0.1, -0.05) is 30.1 Å². The number of halogens is 2. The molecule has 2 unspecified atom stereocenters. The summed E-state index contributed by atoms with van der Waals surface area (Å²) in [5.74, 6) is 0.103. The molecule has 90 valence electrons. The van der Waals surface area contributed by atoms with Crippen LogP contribution in [0.5, 0.6) is 0 Å². The molecule has 4 heteroatoms. The van der Waals surface area contributed by atoms with Gasteiger partial charge in [-0.3, -0.25) is 0 Å². The molecule has 2 atom stereocenters. The van der Waals surface area contributed by atoms with Crippen LogP contribution in [0, 0.1) is 5.92 Å². The van der Waals surface area contributed by atoms with E-state index in [4.69, 9.17) is 23.2 Å². The molecule has 0 radical (unpaired) electrons. The Bertz CT molecular complexity index is 355. The molecule has 0 bridgehead atoms. The molecule has 2 nitrogen and oxygen atoms in total. The predicted molar refractivity (Wildman–Crippen MR) is 69.1 cm³/mol. The number of nitrogens with zero attached hydrogens (tertiary/aromatic N) is 1. The third-order valence-electron chi connectivity index (χ3n) is 2.66. The highest BCUT2D eigenvalue weighted by molar-refractivity contribution is 6.33. The summed E-state index contributed by atoms with van der Waals surface area (Å²) in [5, 5.41) is 10.6. The van der Waals surface area contributed by atoms with E-state index in [2.05, 4.69) is 0 Å². The maximum atomic E-state index is 9.27. The molecule has 0 aliphatic carbocycles. The van der Waals surface area contributed by atoms with Gasteiger partial charge < -0.3 is 10.0 Å². The summed E-state index contributed by atoms with van der Waals surface area (Å²) in [4.78, 5) is 2.04. The van der Waals surface area contributed by atoms with Gasteiger partial charge >= 0.3 is 0 Å².